The molecule has 0 aliphatic carbocycles. The first-order chi connectivity index (χ1) is 25.0. The largest absolute Gasteiger partial charge is 0.309 e. The van der Waals surface area contributed by atoms with Crippen molar-refractivity contribution in [3.8, 4) is 27.9 Å². The van der Waals surface area contributed by atoms with E-state index in [0.717, 1.165) is 0 Å². The Morgan fingerprint density at radius 3 is 1.73 bits per heavy atom. The minimum absolute atomic E-state index is 0.0000254. The second-order valence-corrected chi connectivity index (χ2v) is 14.9. The molecule has 1 heteroatoms. The highest BCUT2D eigenvalue weighted by Crippen LogP contribution is 2.48. The van der Waals surface area contributed by atoms with Crippen molar-refractivity contribution >= 4 is 64.9 Å². The second-order valence-electron chi connectivity index (χ2n) is 14.9. The highest BCUT2D eigenvalue weighted by molar-refractivity contribution is 6.26. The van der Waals surface area contributed by atoms with Crippen molar-refractivity contribution in [2.75, 3.05) is 0 Å². The van der Waals surface area contributed by atoms with Crippen LogP contribution < -0.4 is 0 Å². The molecule has 0 aliphatic rings. The van der Waals surface area contributed by atoms with Crippen molar-refractivity contribution in [3.63, 3.8) is 0 Å². The van der Waals surface area contributed by atoms with Gasteiger partial charge in [0, 0.05) is 16.5 Å². The van der Waals surface area contributed by atoms with Gasteiger partial charge in [-0.3, -0.25) is 0 Å². The van der Waals surface area contributed by atoms with Crippen LogP contribution in [0.25, 0.3) is 92.8 Å². The van der Waals surface area contributed by atoms with Crippen LogP contribution in [0.15, 0.2) is 170 Å². The molecule has 9 aromatic carbocycles. The maximum atomic E-state index is 2.47. The first kappa shape index (κ1) is 29.7. The third-order valence-corrected chi connectivity index (χ3v) is 10.9. The molecular formula is C50H37N. The predicted octanol–water partition coefficient (Wildman–Crippen LogP) is 14.0. The van der Waals surface area contributed by atoms with Crippen molar-refractivity contribution in [2.45, 2.75) is 26.2 Å². The van der Waals surface area contributed by atoms with Crippen molar-refractivity contribution < 1.29 is 0 Å². The highest BCUT2D eigenvalue weighted by Gasteiger charge is 2.23. The molecular weight excluding hydrogens is 615 g/mol. The van der Waals surface area contributed by atoms with E-state index in [1.807, 2.05) is 0 Å². The van der Waals surface area contributed by atoms with Crippen LogP contribution in [0, 0.1) is 0 Å². The van der Waals surface area contributed by atoms with E-state index >= 15 is 0 Å². The molecule has 0 N–H and O–H groups in total. The molecule has 0 radical (unpaired) electrons. The molecule has 0 spiro atoms. The van der Waals surface area contributed by atoms with Crippen molar-refractivity contribution in [2.24, 2.45) is 0 Å². The molecule has 0 saturated carbocycles. The quantitative estimate of drug-likeness (QED) is 0.132. The average molecular weight is 652 g/mol. The summed E-state index contributed by atoms with van der Waals surface area (Å²) in [5.74, 6) is 0. The van der Waals surface area contributed by atoms with Crippen LogP contribution in [0.3, 0.4) is 0 Å². The van der Waals surface area contributed by atoms with Crippen molar-refractivity contribution in [3.05, 3.63) is 175 Å². The van der Waals surface area contributed by atoms with E-state index in [-0.39, 0.29) is 5.41 Å². The number of aromatic nitrogens is 1. The van der Waals surface area contributed by atoms with Gasteiger partial charge >= 0.3 is 0 Å². The monoisotopic (exact) mass is 651 g/mol. The lowest BCUT2D eigenvalue weighted by molar-refractivity contribution is 0.591. The lowest BCUT2D eigenvalue weighted by atomic mass is 9.80. The normalized spacial score (nSPS) is 12.2. The summed E-state index contributed by atoms with van der Waals surface area (Å²) in [4.78, 5) is 0. The molecule has 1 aromatic heterocycles. The number of para-hydroxylation sites is 2. The maximum Gasteiger partial charge on any atom is 0.0541 e. The van der Waals surface area contributed by atoms with Gasteiger partial charge in [0.2, 0.25) is 0 Å². The molecule has 0 fully saturated rings. The van der Waals surface area contributed by atoms with E-state index in [9.17, 15) is 0 Å². The van der Waals surface area contributed by atoms with Gasteiger partial charge < -0.3 is 4.57 Å². The molecule has 1 nitrogen and oxygen atoms in total. The van der Waals surface area contributed by atoms with Gasteiger partial charge in [-0.15, -0.1) is 0 Å². The fourth-order valence-corrected chi connectivity index (χ4v) is 8.49. The number of benzene rings is 9. The molecule has 242 valence electrons. The number of hydrogen-bond acceptors (Lipinski definition) is 0. The lowest BCUT2D eigenvalue weighted by Crippen LogP contribution is -2.10. The third kappa shape index (κ3) is 4.55. The molecule has 51 heavy (non-hydrogen) atoms. The number of rotatable bonds is 3. The van der Waals surface area contributed by atoms with E-state index in [2.05, 4.69) is 195 Å². The summed E-state index contributed by atoms with van der Waals surface area (Å²) in [6.45, 7) is 6.95. The van der Waals surface area contributed by atoms with E-state index < -0.39 is 0 Å². The van der Waals surface area contributed by atoms with Gasteiger partial charge in [-0.2, -0.15) is 0 Å². The van der Waals surface area contributed by atoms with Gasteiger partial charge in [0.1, 0.15) is 0 Å². The summed E-state index contributed by atoms with van der Waals surface area (Å²) in [6.07, 6.45) is 0. The van der Waals surface area contributed by atoms with Crippen molar-refractivity contribution in [1.29, 1.82) is 0 Å². The number of hydrogen-bond donors (Lipinski definition) is 0. The van der Waals surface area contributed by atoms with Gasteiger partial charge in [0.15, 0.2) is 0 Å². The SMILES string of the molecule is CC(C)(C)c1ccc2c(-c3cc4ccccc4c4ccccc34)c3ccccc3c(-c3ccc4c(c3)c3ccccc3n4-c3ccccc3)c2c1. The van der Waals surface area contributed by atoms with Crippen LogP contribution in [0.5, 0.6) is 0 Å². The minimum atomic E-state index is -0.0000254. The lowest BCUT2D eigenvalue weighted by Gasteiger charge is -2.23. The maximum absolute atomic E-state index is 2.47. The number of nitrogens with zero attached hydrogens (tertiary/aromatic N) is 1. The third-order valence-electron chi connectivity index (χ3n) is 10.9. The minimum Gasteiger partial charge on any atom is -0.309 e. The van der Waals surface area contributed by atoms with Crippen LogP contribution in [-0.4, -0.2) is 4.57 Å². The summed E-state index contributed by atoms with van der Waals surface area (Å²) < 4.78 is 2.40. The standard InChI is InChI=1S/C50H37N/c1-50(2,3)34-26-27-42-45(31-34)48(33-25-28-47-43(30-33)39-21-13-14-24-46(39)51(47)35-16-5-4-6-17-35)40-22-11-12-23-41(40)49(42)44-29-32-15-7-8-18-36(32)37-19-9-10-20-38(37)44/h4-31H,1-3H3. The highest BCUT2D eigenvalue weighted by atomic mass is 15.0. The fourth-order valence-electron chi connectivity index (χ4n) is 8.49. The summed E-state index contributed by atoms with van der Waals surface area (Å²) in [6, 6.07) is 63.1. The van der Waals surface area contributed by atoms with Crippen LogP contribution >= 0.6 is 0 Å². The average Bonchev–Trinajstić information content (AvgIpc) is 3.50. The number of fused-ring (bicyclic) bond motifs is 8. The van der Waals surface area contributed by atoms with Gasteiger partial charge in [0.25, 0.3) is 0 Å². The molecule has 1 heterocycles. The predicted molar refractivity (Wildman–Crippen MR) is 220 cm³/mol. The van der Waals surface area contributed by atoms with Crippen LogP contribution in [-0.2, 0) is 5.41 Å². The zero-order valence-electron chi connectivity index (χ0n) is 29.1. The summed E-state index contributed by atoms with van der Waals surface area (Å²) in [5, 5.41) is 12.8. The van der Waals surface area contributed by atoms with E-state index in [1.54, 1.807) is 0 Å². The molecule has 0 aliphatic heterocycles. The summed E-state index contributed by atoms with van der Waals surface area (Å²) >= 11 is 0. The van der Waals surface area contributed by atoms with Crippen LogP contribution in [0.4, 0.5) is 0 Å². The zero-order chi connectivity index (χ0) is 34.3. The van der Waals surface area contributed by atoms with Gasteiger partial charge in [-0.05, 0) is 119 Å². The first-order valence-electron chi connectivity index (χ1n) is 17.9. The molecule has 0 unspecified atom stereocenters. The van der Waals surface area contributed by atoms with E-state index in [4.69, 9.17) is 0 Å². The Hall–Kier alpha value is -6.18. The topological polar surface area (TPSA) is 4.93 Å². The molecule has 0 bridgehead atoms. The van der Waals surface area contributed by atoms with Crippen LogP contribution in [0.2, 0.25) is 0 Å². The van der Waals surface area contributed by atoms with Gasteiger partial charge in [0.05, 0.1) is 11.0 Å². The first-order valence-corrected chi connectivity index (χ1v) is 17.9. The Morgan fingerprint density at radius 1 is 0.373 bits per heavy atom. The summed E-state index contributed by atoms with van der Waals surface area (Å²) in [5.41, 5.74) is 10.1. The van der Waals surface area contributed by atoms with E-state index in [0.29, 0.717) is 0 Å². The Balaban J connectivity index is 1.35. The fraction of sp³-hybridized carbons (Fsp3) is 0.0800. The smallest absolute Gasteiger partial charge is 0.0541 e. The van der Waals surface area contributed by atoms with Gasteiger partial charge in [-0.1, -0.05) is 148 Å². The molecule has 0 amide bonds. The molecule has 0 saturated heterocycles. The Bertz CT molecular complexity index is 2990. The molecule has 10 aromatic rings. The second kappa shape index (κ2) is 11.2. The van der Waals surface area contributed by atoms with Crippen molar-refractivity contribution in [1.82, 2.24) is 4.57 Å². The Labute approximate surface area is 298 Å². The molecule has 10 rings (SSSR count). The van der Waals surface area contributed by atoms with Crippen LogP contribution in [0.1, 0.15) is 26.3 Å². The summed E-state index contributed by atoms with van der Waals surface area (Å²) in [7, 11) is 0. The Kier molecular flexibility index (Phi) is 6.51. The Morgan fingerprint density at radius 2 is 0.961 bits per heavy atom. The zero-order valence-corrected chi connectivity index (χ0v) is 29.1. The van der Waals surface area contributed by atoms with E-state index in [1.165, 1.54) is 98.4 Å². The molecule has 0 atom stereocenters. The van der Waals surface area contributed by atoms with Gasteiger partial charge in [-0.25, -0.2) is 0 Å².